The van der Waals surface area contributed by atoms with Crippen LogP contribution in [0.4, 0.5) is 0 Å². The first-order valence-electron chi connectivity index (χ1n) is 10.7. The summed E-state index contributed by atoms with van der Waals surface area (Å²) in [6.45, 7) is 5.56. The number of rotatable bonds is 10. The summed E-state index contributed by atoms with van der Waals surface area (Å²) in [6.07, 6.45) is 0.662. The molecule has 1 heterocycles. The topological polar surface area (TPSA) is 66.0 Å². The average Bonchev–Trinajstić information content (AvgIpc) is 2.81. The first-order chi connectivity index (χ1) is 15.1. The van der Waals surface area contributed by atoms with Gasteiger partial charge in [-0.25, -0.2) is 0 Å². The molecule has 2 aromatic carbocycles. The van der Waals surface area contributed by atoms with Crippen LogP contribution in [0.25, 0.3) is 5.70 Å². The number of Topliss-reactive ketones (excluding diaryl/α,β-unsaturated/α-hetero) is 1. The van der Waals surface area contributed by atoms with Crippen molar-refractivity contribution in [1.29, 1.82) is 0 Å². The van der Waals surface area contributed by atoms with Crippen LogP contribution in [-0.2, 0) is 15.9 Å². The van der Waals surface area contributed by atoms with E-state index in [-0.39, 0.29) is 5.78 Å². The number of hydrogen-bond acceptors (Lipinski definition) is 6. The van der Waals surface area contributed by atoms with Crippen molar-refractivity contribution in [2.45, 2.75) is 33.0 Å². The fraction of sp³-hybridized carbons (Fsp3) is 0.400. The predicted octanol–water partition coefficient (Wildman–Crippen LogP) is 4.23. The van der Waals surface area contributed by atoms with Gasteiger partial charge in [-0.1, -0.05) is 30.3 Å². The summed E-state index contributed by atoms with van der Waals surface area (Å²) in [5, 5.41) is 3.46. The van der Waals surface area contributed by atoms with Crippen molar-refractivity contribution in [2.75, 3.05) is 34.0 Å². The number of carbonyl (C=O) groups is 1. The minimum atomic E-state index is -0.502. The molecule has 0 saturated heterocycles. The molecule has 31 heavy (non-hydrogen) atoms. The SMILES string of the molecule is CCOC(C/C(C(=O)c1ccccc1)=C1\NCCc2cc(OC)c(OC)cc21)OCC. The molecule has 1 aliphatic rings. The zero-order valence-electron chi connectivity index (χ0n) is 18.7. The predicted molar refractivity (Wildman–Crippen MR) is 121 cm³/mol. The zero-order chi connectivity index (χ0) is 22.2. The van der Waals surface area contributed by atoms with Crippen LogP contribution in [-0.4, -0.2) is 46.1 Å². The van der Waals surface area contributed by atoms with E-state index in [2.05, 4.69) is 5.32 Å². The van der Waals surface area contributed by atoms with E-state index < -0.39 is 6.29 Å². The van der Waals surface area contributed by atoms with E-state index in [4.69, 9.17) is 18.9 Å². The third-order valence-corrected chi connectivity index (χ3v) is 5.26. The normalized spacial score (nSPS) is 14.6. The number of fused-ring (bicyclic) bond motifs is 1. The van der Waals surface area contributed by atoms with Crippen LogP contribution in [0, 0.1) is 0 Å². The molecular formula is C25H31NO5. The van der Waals surface area contributed by atoms with Crippen molar-refractivity contribution in [3.05, 3.63) is 64.7 Å². The van der Waals surface area contributed by atoms with E-state index in [1.165, 1.54) is 0 Å². The molecular weight excluding hydrogens is 394 g/mol. The minimum Gasteiger partial charge on any atom is -0.493 e. The molecule has 6 nitrogen and oxygen atoms in total. The molecule has 0 amide bonds. The van der Waals surface area contributed by atoms with E-state index in [0.29, 0.717) is 42.3 Å². The Balaban J connectivity index is 2.15. The van der Waals surface area contributed by atoms with Gasteiger partial charge in [-0.15, -0.1) is 0 Å². The maximum atomic E-state index is 13.6. The largest absolute Gasteiger partial charge is 0.493 e. The maximum Gasteiger partial charge on any atom is 0.191 e. The number of hydrogen-bond donors (Lipinski definition) is 1. The standard InChI is InChI=1S/C25H31NO5/c1-5-30-23(31-6-2)16-20(25(27)17-10-8-7-9-11-17)24-19-15-22(29-4)21(28-3)14-18(19)12-13-26-24/h7-11,14-15,23,26H,5-6,12-13,16H2,1-4H3/b24-20+. The molecule has 3 rings (SSSR count). The van der Waals surface area contributed by atoms with E-state index in [1.807, 2.05) is 56.3 Å². The number of nitrogens with one attached hydrogen (secondary N) is 1. The van der Waals surface area contributed by atoms with Gasteiger partial charge in [0.15, 0.2) is 23.6 Å². The lowest BCUT2D eigenvalue weighted by atomic mass is 9.90. The zero-order valence-corrected chi connectivity index (χ0v) is 18.7. The van der Waals surface area contributed by atoms with E-state index in [1.54, 1.807) is 14.2 Å². The van der Waals surface area contributed by atoms with Crippen molar-refractivity contribution < 1.29 is 23.7 Å². The number of methoxy groups -OCH3 is 2. The fourth-order valence-electron chi connectivity index (χ4n) is 3.82. The second-order valence-electron chi connectivity index (χ2n) is 7.13. The van der Waals surface area contributed by atoms with Crippen molar-refractivity contribution in [1.82, 2.24) is 5.32 Å². The number of benzene rings is 2. The second kappa shape index (κ2) is 11.0. The third kappa shape index (κ3) is 5.27. The second-order valence-corrected chi connectivity index (χ2v) is 7.13. The van der Waals surface area contributed by atoms with Gasteiger partial charge in [0.05, 0.1) is 14.2 Å². The average molecular weight is 426 g/mol. The Bertz CT molecular complexity index is 917. The molecule has 1 aliphatic heterocycles. The molecule has 0 aromatic heterocycles. The molecule has 6 heteroatoms. The van der Waals surface area contributed by atoms with Gasteiger partial charge >= 0.3 is 0 Å². The Kier molecular flexibility index (Phi) is 8.09. The lowest BCUT2D eigenvalue weighted by Crippen LogP contribution is -2.28. The van der Waals surface area contributed by atoms with Crippen LogP contribution in [0.2, 0.25) is 0 Å². The maximum absolute atomic E-state index is 13.6. The van der Waals surface area contributed by atoms with Crippen molar-refractivity contribution >= 4 is 11.5 Å². The Labute approximate surface area is 184 Å². The highest BCUT2D eigenvalue weighted by Crippen LogP contribution is 2.37. The number of carbonyl (C=O) groups excluding carboxylic acids is 1. The Morgan fingerprint density at radius 3 is 2.26 bits per heavy atom. The van der Waals surface area contributed by atoms with Gasteiger partial charge in [-0.2, -0.15) is 0 Å². The van der Waals surface area contributed by atoms with Crippen LogP contribution in [0.3, 0.4) is 0 Å². The molecule has 0 aliphatic carbocycles. The van der Waals surface area contributed by atoms with Gasteiger partial charge in [-0.3, -0.25) is 4.79 Å². The van der Waals surface area contributed by atoms with Crippen LogP contribution in [0.1, 0.15) is 41.8 Å². The lowest BCUT2D eigenvalue weighted by Gasteiger charge is -2.27. The molecule has 0 saturated carbocycles. The Morgan fingerprint density at radius 1 is 1.00 bits per heavy atom. The molecule has 0 atom stereocenters. The third-order valence-electron chi connectivity index (χ3n) is 5.26. The first-order valence-corrected chi connectivity index (χ1v) is 10.7. The van der Waals surface area contributed by atoms with Gasteiger partial charge in [0.25, 0.3) is 0 Å². The van der Waals surface area contributed by atoms with E-state index in [0.717, 1.165) is 29.8 Å². The highest BCUT2D eigenvalue weighted by Gasteiger charge is 2.27. The van der Waals surface area contributed by atoms with Crippen molar-refractivity contribution in [3.8, 4) is 11.5 Å². The molecule has 1 N–H and O–H groups in total. The van der Waals surface area contributed by atoms with E-state index in [9.17, 15) is 4.79 Å². The summed E-state index contributed by atoms with van der Waals surface area (Å²) < 4.78 is 22.6. The molecule has 0 bridgehead atoms. The summed E-state index contributed by atoms with van der Waals surface area (Å²) >= 11 is 0. The summed E-state index contributed by atoms with van der Waals surface area (Å²) in [7, 11) is 3.24. The monoisotopic (exact) mass is 425 g/mol. The molecule has 0 spiro atoms. The molecule has 0 fully saturated rings. The highest BCUT2D eigenvalue weighted by atomic mass is 16.7. The van der Waals surface area contributed by atoms with E-state index >= 15 is 0 Å². The van der Waals surface area contributed by atoms with Gasteiger partial charge in [0.2, 0.25) is 0 Å². The fourth-order valence-corrected chi connectivity index (χ4v) is 3.82. The number of ether oxygens (including phenoxy) is 4. The van der Waals surface area contributed by atoms with Crippen molar-refractivity contribution in [2.24, 2.45) is 0 Å². The summed E-state index contributed by atoms with van der Waals surface area (Å²) in [5.41, 5.74) is 4.10. The quantitative estimate of drug-likeness (QED) is 0.349. The lowest BCUT2D eigenvalue weighted by molar-refractivity contribution is -0.134. The summed E-state index contributed by atoms with van der Waals surface area (Å²) in [5.74, 6) is 1.26. The molecule has 0 unspecified atom stereocenters. The van der Waals surface area contributed by atoms with Crippen LogP contribution >= 0.6 is 0 Å². The van der Waals surface area contributed by atoms with Crippen molar-refractivity contribution in [3.63, 3.8) is 0 Å². The smallest absolute Gasteiger partial charge is 0.191 e. The van der Waals surface area contributed by atoms with Gasteiger partial charge in [0.1, 0.15) is 0 Å². The van der Waals surface area contributed by atoms with Crippen LogP contribution < -0.4 is 14.8 Å². The summed E-state index contributed by atoms with van der Waals surface area (Å²) in [6, 6.07) is 13.2. The van der Waals surface area contributed by atoms with Gasteiger partial charge in [-0.05, 0) is 38.0 Å². The van der Waals surface area contributed by atoms with Gasteiger partial charge < -0.3 is 24.3 Å². The molecule has 166 valence electrons. The Morgan fingerprint density at radius 2 is 1.65 bits per heavy atom. The minimum absolute atomic E-state index is 0.0462. The first kappa shape index (κ1) is 22.8. The molecule has 0 radical (unpaired) electrons. The Hall–Kier alpha value is -2.83. The molecule has 2 aromatic rings. The summed E-state index contributed by atoms with van der Waals surface area (Å²) in [4.78, 5) is 13.6. The van der Waals surface area contributed by atoms with Gasteiger partial charge in [0, 0.05) is 48.6 Å². The highest BCUT2D eigenvalue weighted by molar-refractivity contribution is 6.13. The number of ketones is 1. The van der Waals surface area contributed by atoms with Crippen LogP contribution in [0.5, 0.6) is 11.5 Å². The van der Waals surface area contributed by atoms with Crippen LogP contribution in [0.15, 0.2) is 48.0 Å².